The number of fused-ring (bicyclic) bond motifs is 1. The van der Waals surface area contributed by atoms with Crippen LogP contribution in [0, 0.1) is 0 Å². The van der Waals surface area contributed by atoms with Crippen molar-refractivity contribution in [1.29, 1.82) is 0 Å². The first kappa shape index (κ1) is 8.41. The van der Waals surface area contributed by atoms with Gasteiger partial charge in [-0.1, -0.05) is 24.3 Å². The van der Waals surface area contributed by atoms with E-state index in [4.69, 9.17) is 5.73 Å². The van der Waals surface area contributed by atoms with Crippen molar-refractivity contribution in [3.8, 4) is 0 Å². The Morgan fingerprint density at radius 3 is 3.23 bits per heavy atom. The van der Waals surface area contributed by atoms with Gasteiger partial charge in [-0.05, 0) is 23.2 Å². The maximum Gasteiger partial charge on any atom is 0.0555 e. The largest absolute Gasteiger partial charge is 0.327 e. The average molecular weight is 190 g/mol. The van der Waals surface area contributed by atoms with Gasteiger partial charge in [-0.3, -0.25) is 0 Å². The number of nitrogens with two attached hydrogens (primary N) is 1. The van der Waals surface area contributed by atoms with Gasteiger partial charge in [0.25, 0.3) is 0 Å². The van der Waals surface area contributed by atoms with Crippen LogP contribution in [0.2, 0.25) is 0 Å². The Labute approximate surface area is 80.9 Å². The highest BCUT2D eigenvalue weighted by atomic mass is 32.1. The Bertz CT molecular complexity index is 431. The first-order valence-electron chi connectivity index (χ1n) is 4.11. The lowest BCUT2D eigenvalue weighted by atomic mass is 10.2. The van der Waals surface area contributed by atoms with E-state index in [1.807, 2.05) is 18.3 Å². The lowest BCUT2D eigenvalue weighted by molar-refractivity contribution is 1.26. The van der Waals surface area contributed by atoms with Gasteiger partial charge in [0, 0.05) is 18.1 Å². The molecule has 3 heteroatoms. The summed E-state index contributed by atoms with van der Waals surface area (Å²) in [5.41, 5.74) is 6.56. The van der Waals surface area contributed by atoms with E-state index in [2.05, 4.69) is 22.6 Å². The molecule has 1 aromatic carbocycles. The van der Waals surface area contributed by atoms with Crippen molar-refractivity contribution in [2.75, 3.05) is 6.54 Å². The van der Waals surface area contributed by atoms with Crippen molar-refractivity contribution in [3.05, 3.63) is 36.0 Å². The number of rotatable bonds is 2. The third-order valence-electron chi connectivity index (χ3n) is 1.83. The molecule has 0 amide bonds. The quantitative estimate of drug-likeness (QED) is 0.789. The van der Waals surface area contributed by atoms with Crippen LogP contribution in [0.4, 0.5) is 0 Å². The molecule has 0 spiro atoms. The SMILES string of the molecule is NC/C=C/c1ccc2cnsc2c1. The van der Waals surface area contributed by atoms with Crippen molar-refractivity contribution in [2.24, 2.45) is 5.73 Å². The fraction of sp³-hybridized carbons (Fsp3) is 0.100. The van der Waals surface area contributed by atoms with Crippen LogP contribution in [-0.2, 0) is 0 Å². The Hall–Kier alpha value is -1.19. The Balaban J connectivity index is 2.42. The van der Waals surface area contributed by atoms with Crippen LogP contribution in [0.1, 0.15) is 5.56 Å². The predicted molar refractivity (Wildman–Crippen MR) is 57.7 cm³/mol. The average Bonchev–Trinajstić information content (AvgIpc) is 2.61. The molecular formula is C10H10N2S. The van der Waals surface area contributed by atoms with Crippen molar-refractivity contribution in [3.63, 3.8) is 0 Å². The van der Waals surface area contributed by atoms with Crippen LogP contribution in [0.15, 0.2) is 30.5 Å². The highest BCUT2D eigenvalue weighted by Crippen LogP contribution is 2.19. The smallest absolute Gasteiger partial charge is 0.0555 e. The van der Waals surface area contributed by atoms with Crippen molar-refractivity contribution < 1.29 is 0 Å². The summed E-state index contributed by atoms with van der Waals surface area (Å²) in [7, 11) is 0. The van der Waals surface area contributed by atoms with Crippen molar-refractivity contribution >= 4 is 27.7 Å². The van der Waals surface area contributed by atoms with Crippen LogP contribution >= 0.6 is 11.5 Å². The van der Waals surface area contributed by atoms with E-state index in [1.165, 1.54) is 27.2 Å². The molecule has 0 saturated carbocycles. The third kappa shape index (κ3) is 1.76. The van der Waals surface area contributed by atoms with Gasteiger partial charge in [-0.15, -0.1) is 0 Å². The molecule has 0 atom stereocenters. The monoisotopic (exact) mass is 190 g/mol. The fourth-order valence-electron chi connectivity index (χ4n) is 1.18. The second-order valence-electron chi connectivity index (χ2n) is 2.76. The summed E-state index contributed by atoms with van der Waals surface area (Å²) in [6.45, 7) is 0.584. The summed E-state index contributed by atoms with van der Waals surface area (Å²) in [5, 5.41) is 1.20. The minimum Gasteiger partial charge on any atom is -0.327 e. The number of nitrogens with zero attached hydrogens (tertiary/aromatic N) is 1. The summed E-state index contributed by atoms with van der Waals surface area (Å²) in [4.78, 5) is 0. The normalized spacial score (nSPS) is 11.5. The molecule has 0 aliphatic carbocycles. The number of hydrogen-bond donors (Lipinski definition) is 1. The summed E-state index contributed by atoms with van der Waals surface area (Å²) in [6, 6.07) is 6.27. The maximum atomic E-state index is 5.37. The Morgan fingerprint density at radius 1 is 1.46 bits per heavy atom. The predicted octanol–water partition coefficient (Wildman–Crippen LogP) is 2.27. The summed E-state index contributed by atoms with van der Waals surface area (Å²) in [5.74, 6) is 0. The van der Waals surface area contributed by atoms with E-state index >= 15 is 0 Å². The minimum absolute atomic E-state index is 0.584. The standard InChI is InChI=1S/C10H10N2S/c11-5-1-2-8-3-4-9-7-12-13-10(9)6-8/h1-4,6-7H,5,11H2/b2-1+. The van der Waals surface area contributed by atoms with Gasteiger partial charge in [0.15, 0.2) is 0 Å². The molecule has 66 valence electrons. The second kappa shape index (κ2) is 3.68. The molecule has 1 aromatic heterocycles. The van der Waals surface area contributed by atoms with Crippen LogP contribution in [0.5, 0.6) is 0 Å². The Kier molecular flexibility index (Phi) is 2.38. The molecule has 2 rings (SSSR count). The molecule has 2 N–H and O–H groups in total. The van der Waals surface area contributed by atoms with Gasteiger partial charge < -0.3 is 5.73 Å². The van der Waals surface area contributed by atoms with Crippen LogP contribution in [0.25, 0.3) is 16.2 Å². The molecule has 0 aliphatic heterocycles. The first-order chi connectivity index (χ1) is 6.40. The summed E-state index contributed by atoms with van der Waals surface area (Å²) in [6.07, 6.45) is 5.86. The van der Waals surface area contributed by atoms with Gasteiger partial charge in [-0.25, -0.2) is 0 Å². The molecule has 0 bridgehead atoms. The maximum absolute atomic E-state index is 5.37. The number of hydrogen-bond acceptors (Lipinski definition) is 3. The highest BCUT2D eigenvalue weighted by Gasteiger charge is 1.95. The minimum atomic E-state index is 0.584. The molecule has 0 aliphatic rings. The molecular weight excluding hydrogens is 180 g/mol. The van der Waals surface area contributed by atoms with Crippen LogP contribution < -0.4 is 5.73 Å². The van der Waals surface area contributed by atoms with Gasteiger partial charge in [0.1, 0.15) is 0 Å². The van der Waals surface area contributed by atoms with Crippen molar-refractivity contribution in [1.82, 2.24) is 4.37 Å². The van der Waals surface area contributed by atoms with Gasteiger partial charge in [-0.2, -0.15) is 4.37 Å². The summed E-state index contributed by atoms with van der Waals surface area (Å²) >= 11 is 1.52. The van der Waals surface area contributed by atoms with E-state index in [-0.39, 0.29) is 0 Å². The van der Waals surface area contributed by atoms with Gasteiger partial charge in [0.05, 0.1) is 4.70 Å². The van der Waals surface area contributed by atoms with Gasteiger partial charge in [0.2, 0.25) is 0 Å². The molecule has 0 radical (unpaired) electrons. The number of aromatic nitrogens is 1. The lowest BCUT2D eigenvalue weighted by Crippen LogP contribution is -1.91. The molecule has 0 fully saturated rings. The van der Waals surface area contributed by atoms with E-state index in [0.29, 0.717) is 6.54 Å². The van der Waals surface area contributed by atoms with Crippen LogP contribution in [-0.4, -0.2) is 10.9 Å². The van der Waals surface area contributed by atoms with E-state index < -0.39 is 0 Å². The van der Waals surface area contributed by atoms with Crippen LogP contribution in [0.3, 0.4) is 0 Å². The second-order valence-corrected chi connectivity index (χ2v) is 3.59. The zero-order valence-electron chi connectivity index (χ0n) is 7.10. The molecule has 13 heavy (non-hydrogen) atoms. The fourth-order valence-corrected chi connectivity index (χ4v) is 1.88. The third-order valence-corrected chi connectivity index (χ3v) is 2.59. The summed E-state index contributed by atoms with van der Waals surface area (Å²) < 4.78 is 5.34. The Morgan fingerprint density at radius 2 is 2.38 bits per heavy atom. The van der Waals surface area contributed by atoms with E-state index in [9.17, 15) is 0 Å². The molecule has 0 unspecified atom stereocenters. The van der Waals surface area contributed by atoms with E-state index in [1.54, 1.807) is 0 Å². The number of benzene rings is 1. The van der Waals surface area contributed by atoms with Crippen molar-refractivity contribution in [2.45, 2.75) is 0 Å². The molecule has 0 saturated heterocycles. The zero-order chi connectivity index (χ0) is 9.10. The molecule has 2 aromatic rings. The molecule has 2 nitrogen and oxygen atoms in total. The van der Waals surface area contributed by atoms with Gasteiger partial charge >= 0.3 is 0 Å². The zero-order valence-corrected chi connectivity index (χ0v) is 7.92. The van der Waals surface area contributed by atoms with E-state index in [0.717, 1.165) is 0 Å². The molecule has 1 heterocycles. The lowest BCUT2D eigenvalue weighted by Gasteiger charge is -1.92. The highest BCUT2D eigenvalue weighted by molar-refractivity contribution is 7.13. The topological polar surface area (TPSA) is 38.9 Å². The first-order valence-corrected chi connectivity index (χ1v) is 4.88.